The number of ether oxygens (including phenoxy) is 1. The molecule has 0 aliphatic heterocycles. The smallest absolute Gasteiger partial charge is 0.341 e. The average Bonchev–Trinajstić information content (AvgIpc) is 3.12. The molecule has 2 aromatic carbocycles. The maximum atomic E-state index is 12.9. The monoisotopic (exact) mass is 454 g/mol. The van der Waals surface area contributed by atoms with E-state index in [1.807, 2.05) is 56.6 Å². The minimum atomic E-state index is -0.426. The molecule has 8 heteroatoms. The number of benzene rings is 2. The zero-order valence-electron chi connectivity index (χ0n) is 17.5. The van der Waals surface area contributed by atoms with E-state index in [0.29, 0.717) is 21.2 Å². The third kappa shape index (κ3) is 5.93. The van der Waals surface area contributed by atoms with Gasteiger partial charge in [0.1, 0.15) is 10.6 Å². The Morgan fingerprint density at radius 3 is 2.52 bits per heavy atom. The van der Waals surface area contributed by atoms with Gasteiger partial charge in [-0.3, -0.25) is 5.43 Å². The number of rotatable bonds is 8. The lowest BCUT2D eigenvalue weighted by Gasteiger charge is -2.08. The Hall–Kier alpha value is -3.16. The van der Waals surface area contributed by atoms with Crippen LogP contribution in [-0.4, -0.2) is 44.1 Å². The van der Waals surface area contributed by atoms with Crippen LogP contribution in [0.25, 0.3) is 11.1 Å². The van der Waals surface area contributed by atoms with E-state index in [-0.39, 0.29) is 6.61 Å². The summed E-state index contributed by atoms with van der Waals surface area (Å²) in [5.74, 6) is -0.426. The number of thiophene rings is 1. The first-order chi connectivity index (χ1) is 15.0. The highest BCUT2D eigenvalue weighted by Crippen LogP contribution is 2.42. The van der Waals surface area contributed by atoms with Crippen LogP contribution in [-0.2, 0) is 4.74 Å². The number of carbonyl (C=O) groups excluding carboxylic acids is 1. The first-order valence-electron chi connectivity index (χ1n) is 9.64. The molecule has 0 aliphatic rings. The van der Waals surface area contributed by atoms with E-state index in [1.54, 1.807) is 36.5 Å². The summed E-state index contributed by atoms with van der Waals surface area (Å²) in [6, 6.07) is 16.9. The number of hydrogen-bond donors (Lipinski definition) is 1. The fourth-order valence-corrected chi connectivity index (χ4v) is 3.91. The second kappa shape index (κ2) is 10.7. The molecule has 1 heterocycles. The van der Waals surface area contributed by atoms with Crippen molar-refractivity contribution >= 4 is 52.1 Å². The number of para-hydroxylation sites is 1. The summed E-state index contributed by atoms with van der Waals surface area (Å²) in [5, 5.41) is 5.53. The van der Waals surface area contributed by atoms with Crippen molar-refractivity contribution in [3.63, 3.8) is 0 Å². The molecule has 0 radical (unpaired) electrons. The van der Waals surface area contributed by atoms with E-state index in [0.717, 1.165) is 16.1 Å². The fraction of sp³-hybridized carbons (Fsp3) is 0.174. The molecular formula is C23H23ClN4O2S. The van der Waals surface area contributed by atoms with Gasteiger partial charge < -0.3 is 9.64 Å². The highest BCUT2D eigenvalue weighted by molar-refractivity contribution is 7.18. The molecule has 0 saturated carbocycles. The second-order valence-corrected chi connectivity index (χ2v) is 8.16. The van der Waals surface area contributed by atoms with Crippen LogP contribution in [0, 0.1) is 0 Å². The van der Waals surface area contributed by atoms with E-state index in [1.165, 1.54) is 11.3 Å². The highest BCUT2D eigenvalue weighted by Gasteiger charge is 2.25. The van der Waals surface area contributed by atoms with Gasteiger partial charge in [-0.05, 0) is 36.8 Å². The Morgan fingerprint density at radius 1 is 1.16 bits per heavy atom. The maximum absolute atomic E-state index is 12.9. The van der Waals surface area contributed by atoms with Crippen molar-refractivity contribution in [2.75, 3.05) is 26.1 Å². The van der Waals surface area contributed by atoms with Crippen molar-refractivity contribution in [1.82, 2.24) is 4.90 Å². The van der Waals surface area contributed by atoms with Crippen LogP contribution in [0.3, 0.4) is 0 Å². The third-order valence-electron chi connectivity index (χ3n) is 4.08. The lowest BCUT2D eigenvalue weighted by atomic mass is 10.0. The molecule has 6 nitrogen and oxygen atoms in total. The standard InChI is InChI=1S/C23H23ClN4O2S/c1-4-30-23(29)21-20(16-10-12-17(24)13-11-16)19(31-22(21)25-15-28(2)3)14-26-27-18-8-6-5-7-9-18/h5-15,27H,4H2,1-3H3/b25-15+,26-14+. The van der Waals surface area contributed by atoms with Gasteiger partial charge in [-0.2, -0.15) is 5.10 Å². The Balaban J connectivity index is 2.11. The van der Waals surface area contributed by atoms with Gasteiger partial charge in [0.15, 0.2) is 0 Å². The maximum Gasteiger partial charge on any atom is 0.341 e. The van der Waals surface area contributed by atoms with Gasteiger partial charge in [0, 0.05) is 24.7 Å². The summed E-state index contributed by atoms with van der Waals surface area (Å²) in [5.41, 5.74) is 5.82. The molecule has 3 aromatic rings. The average molecular weight is 455 g/mol. The molecular weight excluding hydrogens is 432 g/mol. The summed E-state index contributed by atoms with van der Waals surface area (Å²) >= 11 is 7.45. The second-order valence-electron chi connectivity index (χ2n) is 6.69. The molecule has 3 rings (SSSR count). The van der Waals surface area contributed by atoms with E-state index in [4.69, 9.17) is 16.3 Å². The number of carbonyl (C=O) groups is 1. The van der Waals surface area contributed by atoms with Gasteiger partial charge in [0.2, 0.25) is 0 Å². The van der Waals surface area contributed by atoms with Crippen LogP contribution >= 0.6 is 22.9 Å². The van der Waals surface area contributed by atoms with Gasteiger partial charge in [0.25, 0.3) is 0 Å². The molecule has 0 atom stereocenters. The van der Waals surface area contributed by atoms with Crippen LogP contribution in [0.5, 0.6) is 0 Å². The predicted molar refractivity (Wildman–Crippen MR) is 130 cm³/mol. The van der Waals surface area contributed by atoms with Crippen LogP contribution in [0.1, 0.15) is 22.2 Å². The molecule has 0 saturated heterocycles. The summed E-state index contributed by atoms with van der Waals surface area (Å²) in [6.45, 7) is 2.05. The number of nitrogens with one attached hydrogen (secondary N) is 1. The lowest BCUT2D eigenvalue weighted by molar-refractivity contribution is 0.0529. The van der Waals surface area contributed by atoms with Crippen LogP contribution in [0.2, 0.25) is 5.02 Å². The largest absolute Gasteiger partial charge is 0.462 e. The van der Waals surface area contributed by atoms with E-state index in [2.05, 4.69) is 15.5 Å². The van der Waals surface area contributed by atoms with Crippen molar-refractivity contribution in [2.45, 2.75) is 6.92 Å². The molecule has 0 unspecified atom stereocenters. The molecule has 0 fully saturated rings. The first-order valence-corrected chi connectivity index (χ1v) is 10.8. The number of esters is 1. The number of halogens is 1. The molecule has 0 amide bonds. The molecule has 31 heavy (non-hydrogen) atoms. The molecule has 160 valence electrons. The van der Waals surface area contributed by atoms with Crippen molar-refractivity contribution in [2.24, 2.45) is 10.1 Å². The van der Waals surface area contributed by atoms with E-state index < -0.39 is 5.97 Å². The van der Waals surface area contributed by atoms with E-state index >= 15 is 0 Å². The SMILES string of the molecule is CCOC(=O)c1c(/N=C/N(C)C)sc(/C=N/Nc2ccccc2)c1-c1ccc(Cl)cc1. The quantitative estimate of drug-likeness (QED) is 0.199. The Bertz CT molecular complexity index is 1080. The Kier molecular flexibility index (Phi) is 7.81. The number of hydrogen-bond acceptors (Lipinski definition) is 6. The van der Waals surface area contributed by atoms with Crippen LogP contribution in [0.15, 0.2) is 64.7 Å². The van der Waals surface area contributed by atoms with Gasteiger partial charge in [-0.25, -0.2) is 9.79 Å². The zero-order chi connectivity index (χ0) is 22.2. The first kappa shape index (κ1) is 22.5. The van der Waals surface area contributed by atoms with Gasteiger partial charge in [0.05, 0.1) is 29.7 Å². The van der Waals surface area contributed by atoms with Crippen molar-refractivity contribution in [1.29, 1.82) is 0 Å². The van der Waals surface area contributed by atoms with Gasteiger partial charge in [-0.1, -0.05) is 41.9 Å². The molecule has 0 bridgehead atoms. The van der Waals surface area contributed by atoms with Crippen molar-refractivity contribution < 1.29 is 9.53 Å². The minimum absolute atomic E-state index is 0.268. The number of aliphatic imine (C=N–C) groups is 1. The summed E-state index contributed by atoms with van der Waals surface area (Å²) in [4.78, 5) is 20.0. The van der Waals surface area contributed by atoms with Crippen LogP contribution < -0.4 is 5.43 Å². The molecule has 0 aliphatic carbocycles. The predicted octanol–water partition coefficient (Wildman–Crippen LogP) is 5.91. The van der Waals surface area contributed by atoms with Crippen LogP contribution in [0.4, 0.5) is 10.7 Å². The fourth-order valence-electron chi connectivity index (χ4n) is 2.76. The minimum Gasteiger partial charge on any atom is -0.462 e. The summed E-state index contributed by atoms with van der Waals surface area (Å²) < 4.78 is 5.34. The topological polar surface area (TPSA) is 66.3 Å². The summed E-state index contributed by atoms with van der Waals surface area (Å²) in [7, 11) is 3.74. The third-order valence-corrected chi connectivity index (χ3v) is 5.37. The highest BCUT2D eigenvalue weighted by atomic mass is 35.5. The Labute approximate surface area is 190 Å². The summed E-state index contributed by atoms with van der Waals surface area (Å²) in [6.07, 6.45) is 3.35. The molecule has 1 aromatic heterocycles. The van der Waals surface area contributed by atoms with Gasteiger partial charge in [-0.15, -0.1) is 11.3 Å². The lowest BCUT2D eigenvalue weighted by Crippen LogP contribution is -2.08. The van der Waals surface area contributed by atoms with Crippen molar-refractivity contribution in [3.05, 3.63) is 70.1 Å². The molecule has 1 N–H and O–H groups in total. The van der Waals surface area contributed by atoms with E-state index in [9.17, 15) is 4.79 Å². The zero-order valence-corrected chi connectivity index (χ0v) is 19.1. The normalized spacial score (nSPS) is 11.2. The number of anilines is 1. The number of hydrazone groups is 1. The molecule has 0 spiro atoms. The number of nitrogens with zero attached hydrogens (tertiary/aromatic N) is 3. The Morgan fingerprint density at radius 2 is 1.87 bits per heavy atom. The van der Waals surface area contributed by atoms with Gasteiger partial charge >= 0.3 is 5.97 Å². The van der Waals surface area contributed by atoms with Crippen molar-refractivity contribution in [3.8, 4) is 11.1 Å².